The van der Waals surface area contributed by atoms with Crippen molar-refractivity contribution in [1.82, 2.24) is 14.8 Å². The molecule has 1 aliphatic carbocycles. The number of carbonyl (C=O) groups excluding carboxylic acids is 2. The van der Waals surface area contributed by atoms with Crippen molar-refractivity contribution >= 4 is 51.6 Å². The van der Waals surface area contributed by atoms with Crippen LogP contribution >= 0.6 is 34.7 Å². The number of hydrogen-bond donors (Lipinski definition) is 1. The molecule has 0 radical (unpaired) electrons. The number of halogens is 1. The van der Waals surface area contributed by atoms with Crippen molar-refractivity contribution in [3.63, 3.8) is 0 Å². The second-order valence-corrected chi connectivity index (χ2v) is 10.3. The highest BCUT2D eigenvalue weighted by atomic mass is 35.5. The number of allylic oxidation sites excluding steroid dienone is 1. The van der Waals surface area contributed by atoms with Gasteiger partial charge in [-0.3, -0.25) is 9.36 Å². The van der Waals surface area contributed by atoms with Gasteiger partial charge in [0, 0.05) is 11.4 Å². The van der Waals surface area contributed by atoms with E-state index < -0.39 is 12.1 Å². The molecule has 0 bridgehead atoms. The Balaban J connectivity index is 1.45. The summed E-state index contributed by atoms with van der Waals surface area (Å²) in [5.74, 6) is 0.575. The maximum atomic E-state index is 12.8. The fourth-order valence-electron chi connectivity index (χ4n) is 3.89. The van der Waals surface area contributed by atoms with Crippen LogP contribution in [0.4, 0.5) is 5.00 Å². The van der Waals surface area contributed by atoms with E-state index in [0.29, 0.717) is 38.9 Å². The minimum atomic E-state index is -0.429. The Morgan fingerprint density at radius 1 is 1.34 bits per heavy atom. The van der Waals surface area contributed by atoms with Crippen LogP contribution in [0.1, 0.15) is 46.1 Å². The summed E-state index contributed by atoms with van der Waals surface area (Å²) in [6, 6.07) is 7.22. The van der Waals surface area contributed by atoms with E-state index in [1.807, 2.05) is 23.6 Å². The molecule has 0 saturated carbocycles. The van der Waals surface area contributed by atoms with Gasteiger partial charge in [0.25, 0.3) is 0 Å². The number of esters is 1. The molecule has 184 valence electrons. The number of amides is 1. The van der Waals surface area contributed by atoms with Crippen LogP contribution in [-0.2, 0) is 28.9 Å². The molecule has 11 heteroatoms. The van der Waals surface area contributed by atoms with Crippen molar-refractivity contribution in [1.29, 1.82) is 0 Å². The summed E-state index contributed by atoms with van der Waals surface area (Å²) in [6.07, 6.45) is 4.05. The third-order valence-electron chi connectivity index (χ3n) is 5.46. The van der Waals surface area contributed by atoms with Gasteiger partial charge < -0.3 is 14.8 Å². The fourth-order valence-corrected chi connectivity index (χ4v) is 6.12. The largest absolute Gasteiger partial charge is 0.481 e. The minimum Gasteiger partial charge on any atom is -0.481 e. The van der Waals surface area contributed by atoms with Crippen LogP contribution < -0.4 is 10.1 Å². The zero-order valence-electron chi connectivity index (χ0n) is 19.4. The van der Waals surface area contributed by atoms with E-state index in [9.17, 15) is 9.59 Å². The topological polar surface area (TPSA) is 95.3 Å². The lowest BCUT2D eigenvalue weighted by molar-refractivity contribution is -0.113. The lowest BCUT2D eigenvalue weighted by Crippen LogP contribution is -2.17. The lowest BCUT2D eigenvalue weighted by atomic mass is 10.1. The Kier molecular flexibility index (Phi) is 8.15. The average Bonchev–Trinajstić information content (AvgIpc) is 3.54. The van der Waals surface area contributed by atoms with Gasteiger partial charge in [0.15, 0.2) is 17.1 Å². The molecular formula is C24H25ClN4O4S2. The molecule has 3 aromatic rings. The van der Waals surface area contributed by atoms with Crippen LogP contribution in [0.2, 0.25) is 5.02 Å². The van der Waals surface area contributed by atoms with Gasteiger partial charge in [-0.05, 0) is 43.9 Å². The molecule has 1 aliphatic rings. The molecule has 1 unspecified atom stereocenters. The molecule has 8 nitrogen and oxygen atoms in total. The number of rotatable bonds is 10. The first kappa shape index (κ1) is 25.3. The van der Waals surface area contributed by atoms with Crippen LogP contribution in [-0.4, -0.2) is 39.5 Å². The lowest BCUT2D eigenvalue weighted by Gasteiger charge is -2.16. The molecule has 35 heavy (non-hydrogen) atoms. The highest BCUT2D eigenvalue weighted by Gasteiger charge is 2.28. The van der Waals surface area contributed by atoms with Crippen molar-refractivity contribution in [2.24, 2.45) is 0 Å². The number of nitrogens with one attached hydrogen (secondary N) is 1. The summed E-state index contributed by atoms with van der Waals surface area (Å²) < 4.78 is 12.8. The summed E-state index contributed by atoms with van der Waals surface area (Å²) >= 11 is 8.91. The Bertz CT molecular complexity index is 1260. The monoisotopic (exact) mass is 532 g/mol. The van der Waals surface area contributed by atoms with Gasteiger partial charge in [0.1, 0.15) is 10.8 Å². The van der Waals surface area contributed by atoms with Gasteiger partial charge in [0.2, 0.25) is 5.91 Å². The molecular weight excluding hydrogens is 508 g/mol. The third kappa shape index (κ3) is 5.55. The average molecular weight is 533 g/mol. The van der Waals surface area contributed by atoms with Gasteiger partial charge in [-0.2, -0.15) is 0 Å². The zero-order valence-corrected chi connectivity index (χ0v) is 21.8. The second-order valence-electron chi connectivity index (χ2n) is 7.82. The van der Waals surface area contributed by atoms with E-state index in [4.69, 9.17) is 21.1 Å². The molecule has 2 aromatic heterocycles. The maximum absolute atomic E-state index is 12.8. The standard InChI is InChI=1S/C24H25ClN4O4S2/c1-4-12-29-21(14(2)33-17-10-6-5-9-16(17)25)27-28-24(29)34-13-19(30)26-22-20(23(31)32-3)15-8-7-11-18(15)35-22/h4-6,9-10,14H,1,7-8,11-13H2,2-3H3,(H,26,30). The van der Waals surface area contributed by atoms with Crippen LogP contribution in [0, 0.1) is 0 Å². The van der Waals surface area contributed by atoms with Crippen LogP contribution in [0.15, 0.2) is 42.1 Å². The minimum absolute atomic E-state index is 0.0954. The molecule has 1 N–H and O–H groups in total. The Morgan fingerprint density at radius 2 is 2.14 bits per heavy atom. The predicted molar refractivity (Wildman–Crippen MR) is 138 cm³/mol. The van der Waals surface area contributed by atoms with Crippen LogP contribution in [0.3, 0.4) is 0 Å². The number of fused-ring (bicyclic) bond motifs is 1. The summed E-state index contributed by atoms with van der Waals surface area (Å²) in [5.41, 5.74) is 1.47. The van der Waals surface area contributed by atoms with E-state index in [0.717, 1.165) is 29.7 Å². The number of thiophene rings is 1. The number of nitrogens with zero attached hydrogens (tertiary/aromatic N) is 3. The summed E-state index contributed by atoms with van der Waals surface area (Å²) in [5, 5.41) is 13.0. The molecule has 0 fully saturated rings. The molecule has 0 aliphatic heterocycles. The molecule has 2 heterocycles. The van der Waals surface area contributed by atoms with Gasteiger partial charge >= 0.3 is 5.97 Å². The van der Waals surface area contributed by atoms with E-state index >= 15 is 0 Å². The van der Waals surface area contributed by atoms with Crippen molar-refractivity contribution in [3.05, 3.63) is 63.8 Å². The molecule has 0 spiro atoms. The van der Waals surface area contributed by atoms with Crippen molar-refractivity contribution in [3.8, 4) is 5.75 Å². The van der Waals surface area contributed by atoms with Crippen molar-refractivity contribution in [2.45, 2.75) is 44.0 Å². The number of aromatic nitrogens is 3. The third-order valence-corrected chi connectivity index (χ3v) is 7.94. The van der Waals surface area contributed by atoms with Gasteiger partial charge in [-0.15, -0.1) is 28.1 Å². The van der Waals surface area contributed by atoms with E-state index in [1.165, 1.54) is 30.2 Å². The Hall–Kier alpha value is -2.82. The second kappa shape index (κ2) is 11.3. The molecule has 1 atom stereocenters. The Labute approximate surface area is 216 Å². The van der Waals surface area contributed by atoms with Gasteiger partial charge in [0.05, 0.1) is 23.4 Å². The summed E-state index contributed by atoms with van der Waals surface area (Å²) in [7, 11) is 1.35. The number of para-hydroxylation sites is 1. The number of benzene rings is 1. The summed E-state index contributed by atoms with van der Waals surface area (Å²) in [4.78, 5) is 26.2. The molecule has 0 saturated heterocycles. The van der Waals surface area contributed by atoms with Gasteiger partial charge in [-0.25, -0.2) is 4.79 Å². The first-order valence-electron chi connectivity index (χ1n) is 11.0. The SMILES string of the molecule is C=CCn1c(SCC(=O)Nc2sc3c(c2C(=O)OC)CCC3)nnc1C(C)Oc1ccccc1Cl. The Morgan fingerprint density at radius 3 is 2.89 bits per heavy atom. The van der Waals surface area contributed by atoms with Crippen molar-refractivity contribution < 1.29 is 19.1 Å². The quantitative estimate of drug-likeness (QED) is 0.214. The molecule has 4 rings (SSSR count). The van der Waals surface area contributed by atoms with Crippen molar-refractivity contribution in [2.75, 3.05) is 18.2 Å². The number of ether oxygens (including phenoxy) is 2. The van der Waals surface area contributed by atoms with E-state index in [1.54, 1.807) is 18.2 Å². The van der Waals surface area contributed by atoms with Gasteiger partial charge in [-0.1, -0.05) is 41.6 Å². The fraction of sp³-hybridized carbons (Fsp3) is 0.333. The number of aryl methyl sites for hydroxylation is 1. The smallest absolute Gasteiger partial charge is 0.341 e. The number of carbonyl (C=O) groups is 2. The maximum Gasteiger partial charge on any atom is 0.341 e. The number of thioether (sulfide) groups is 1. The number of anilines is 1. The molecule has 1 aromatic carbocycles. The highest BCUT2D eigenvalue weighted by molar-refractivity contribution is 7.99. The summed E-state index contributed by atoms with van der Waals surface area (Å²) in [6.45, 7) is 6.13. The zero-order chi connectivity index (χ0) is 24.9. The first-order valence-corrected chi connectivity index (χ1v) is 13.2. The van der Waals surface area contributed by atoms with Crippen LogP contribution in [0.25, 0.3) is 0 Å². The first-order chi connectivity index (χ1) is 16.9. The molecule has 1 amide bonds. The van der Waals surface area contributed by atoms with E-state index in [2.05, 4.69) is 22.1 Å². The number of methoxy groups -OCH3 is 1. The normalized spacial score (nSPS) is 13.2. The van der Waals surface area contributed by atoms with Crippen LogP contribution in [0.5, 0.6) is 5.75 Å². The van der Waals surface area contributed by atoms with E-state index in [-0.39, 0.29) is 11.7 Å². The predicted octanol–water partition coefficient (Wildman–Crippen LogP) is 5.33. The number of hydrogen-bond acceptors (Lipinski definition) is 8. The highest BCUT2D eigenvalue weighted by Crippen LogP contribution is 2.39.